The Kier molecular flexibility index (Phi) is 5.22. The van der Waals surface area contributed by atoms with Crippen molar-refractivity contribution in [3.05, 3.63) is 88.3 Å². The molecule has 0 bridgehead atoms. The van der Waals surface area contributed by atoms with E-state index in [1.54, 1.807) is 48.5 Å². The fourth-order valence-corrected chi connectivity index (χ4v) is 2.88. The van der Waals surface area contributed by atoms with E-state index >= 15 is 0 Å². The second-order valence-electron chi connectivity index (χ2n) is 6.20. The molecule has 144 valence electrons. The third kappa shape index (κ3) is 4.25. The number of hydrogen-bond donors (Lipinski definition) is 1. The summed E-state index contributed by atoms with van der Waals surface area (Å²) in [6.45, 7) is -0.139. The lowest BCUT2D eigenvalue weighted by Crippen LogP contribution is -2.28. The number of carbonyl (C=O) groups is 1. The van der Waals surface area contributed by atoms with Crippen molar-refractivity contribution in [2.45, 2.75) is 6.54 Å². The number of rotatable bonds is 5. The Bertz CT molecular complexity index is 1200. The van der Waals surface area contributed by atoms with Crippen LogP contribution >= 0.6 is 11.6 Å². The number of halogens is 1. The number of para-hydroxylation sites is 1. The lowest BCUT2D eigenvalue weighted by molar-refractivity contribution is -0.116. The highest BCUT2D eigenvalue weighted by molar-refractivity contribution is 6.30. The number of anilines is 1. The molecule has 29 heavy (non-hydrogen) atoms. The van der Waals surface area contributed by atoms with Gasteiger partial charge in [0.05, 0.1) is 0 Å². The largest absolute Gasteiger partial charge is 0.333 e. The fourth-order valence-electron chi connectivity index (χ4n) is 2.75. The van der Waals surface area contributed by atoms with Crippen molar-refractivity contribution in [1.82, 2.24) is 14.7 Å². The van der Waals surface area contributed by atoms with Crippen molar-refractivity contribution in [1.29, 1.82) is 0 Å². The number of benzene rings is 2. The molecule has 7 nitrogen and oxygen atoms in total. The zero-order valence-electron chi connectivity index (χ0n) is 15.1. The first-order valence-corrected chi connectivity index (χ1v) is 9.12. The van der Waals surface area contributed by atoms with Gasteiger partial charge in [-0.3, -0.25) is 9.59 Å². The molecule has 0 atom stereocenters. The van der Waals surface area contributed by atoms with Crippen LogP contribution in [0.5, 0.6) is 0 Å². The molecule has 1 amide bonds. The number of pyridine rings is 1. The fraction of sp³-hybridized carbons (Fsp3) is 0.0476. The van der Waals surface area contributed by atoms with Gasteiger partial charge in [0.25, 0.3) is 11.4 Å². The van der Waals surface area contributed by atoms with Crippen LogP contribution in [0.25, 0.3) is 22.8 Å². The molecular formula is C21H15ClN4O3. The Hall–Kier alpha value is -3.71. The van der Waals surface area contributed by atoms with Gasteiger partial charge in [0.15, 0.2) is 0 Å². The van der Waals surface area contributed by atoms with Crippen molar-refractivity contribution in [3.63, 3.8) is 0 Å². The molecule has 4 aromatic rings. The molecule has 0 fully saturated rings. The Morgan fingerprint density at radius 1 is 1.03 bits per heavy atom. The Balaban J connectivity index is 1.56. The minimum absolute atomic E-state index is 0.0813. The predicted molar refractivity (Wildman–Crippen MR) is 110 cm³/mol. The Morgan fingerprint density at radius 3 is 2.55 bits per heavy atom. The van der Waals surface area contributed by atoms with Crippen molar-refractivity contribution in [3.8, 4) is 22.8 Å². The van der Waals surface area contributed by atoms with Crippen molar-refractivity contribution < 1.29 is 9.32 Å². The smallest absolute Gasteiger partial charge is 0.263 e. The maximum absolute atomic E-state index is 12.8. The summed E-state index contributed by atoms with van der Waals surface area (Å²) in [5, 5.41) is 7.26. The average Bonchev–Trinajstić information content (AvgIpc) is 3.21. The normalized spacial score (nSPS) is 10.7. The quantitative estimate of drug-likeness (QED) is 0.543. The van der Waals surface area contributed by atoms with Crippen LogP contribution in [0.2, 0.25) is 5.02 Å². The molecule has 0 unspecified atom stereocenters. The van der Waals surface area contributed by atoms with Gasteiger partial charge < -0.3 is 14.4 Å². The summed E-state index contributed by atoms with van der Waals surface area (Å²) in [7, 11) is 0. The maximum atomic E-state index is 12.8. The molecule has 4 rings (SSSR count). The first-order chi connectivity index (χ1) is 14.1. The summed E-state index contributed by atoms with van der Waals surface area (Å²) in [5.74, 6) is 0.105. The zero-order chi connectivity index (χ0) is 20.2. The molecule has 0 aliphatic heterocycles. The lowest BCUT2D eigenvalue weighted by Gasteiger charge is -2.08. The van der Waals surface area contributed by atoms with E-state index in [0.29, 0.717) is 22.1 Å². The number of carbonyl (C=O) groups excluding carboxylic acids is 1. The van der Waals surface area contributed by atoms with Gasteiger partial charge in [-0.1, -0.05) is 35.0 Å². The maximum Gasteiger partial charge on any atom is 0.263 e. The van der Waals surface area contributed by atoms with Crippen LogP contribution in [0.1, 0.15) is 0 Å². The minimum Gasteiger partial charge on any atom is -0.333 e. The van der Waals surface area contributed by atoms with Gasteiger partial charge in [0.2, 0.25) is 11.7 Å². The van der Waals surface area contributed by atoms with E-state index in [2.05, 4.69) is 15.5 Å². The van der Waals surface area contributed by atoms with E-state index in [4.69, 9.17) is 16.1 Å². The number of amides is 1. The Morgan fingerprint density at radius 2 is 1.79 bits per heavy atom. The van der Waals surface area contributed by atoms with E-state index in [-0.39, 0.29) is 23.9 Å². The molecule has 0 aliphatic carbocycles. The second-order valence-corrected chi connectivity index (χ2v) is 6.64. The summed E-state index contributed by atoms with van der Waals surface area (Å²) in [6, 6.07) is 19.2. The number of nitrogens with zero attached hydrogens (tertiary/aromatic N) is 3. The number of nitrogens with one attached hydrogen (secondary N) is 1. The molecule has 1 N–H and O–H groups in total. The highest BCUT2D eigenvalue weighted by atomic mass is 35.5. The summed E-state index contributed by atoms with van der Waals surface area (Å²) < 4.78 is 6.56. The van der Waals surface area contributed by atoms with E-state index in [9.17, 15) is 9.59 Å². The van der Waals surface area contributed by atoms with Gasteiger partial charge in [0, 0.05) is 22.5 Å². The van der Waals surface area contributed by atoms with Gasteiger partial charge in [-0.25, -0.2) is 0 Å². The zero-order valence-corrected chi connectivity index (χ0v) is 15.8. The average molecular weight is 407 g/mol. The van der Waals surface area contributed by atoms with Crippen LogP contribution in [-0.4, -0.2) is 20.6 Å². The van der Waals surface area contributed by atoms with Gasteiger partial charge in [-0.05, 0) is 48.5 Å². The van der Waals surface area contributed by atoms with E-state index in [0.717, 1.165) is 0 Å². The predicted octanol–water partition coefficient (Wildman–Crippen LogP) is 3.86. The van der Waals surface area contributed by atoms with Crippen LogP contribution in [-0.2, 0) is 11.3 Å². The monoisotopic (exact) mass is 406 g/mol. The molecule has 2 aromatic carbocycles. The molecule has 0 saturated carbocycles. The third-order valence-corrected chi connectivity index (χ3v) is 4.40. The molecule has 0 aliphatic rings. The molecular weight excluding hydrogens is 392 g/mol. The van der Waals surface area contributed by atoms with Gasteiger partial charge >= 0.3 is 0 Å². The first-order valence-electron chi connectivity index (χ1n) is 8.74. The van der Waals surface area contributed by atoms with Crippen LogP contribution in [0.3, 0.4) is 0 Å². The van der Waals surface area contributed by atoms with Crippen LogP contribution in [0, 0.1) is 0 Å². The molecule has 2 aromatic heterocycles. The molecule has 0 saturated heterocycles. The summed E-state index contributed by atoms with van der Waals surface area (Å²) in [6.07, 6.45) is 1.53. The minimum atomic E-state index is -0.401. The van der Waals surface area contributed by atoms with Crippen molar-refractivity contribution in [2.24, 2.45) is 0 Å². The molecule has 8 heteroatoms. The summed E-state index contributed by atoms with van der Waals surface area (Å²) in [4.78, 5) is 29.3. The summed E-state index contributed by atoms with van der Waals surface area (Å²) >= 11 is 5.89. The van der Waals surface area contributed by atoms with Crippen molar-refractivity contribution >= 4 is 23.2 Å². The van der Waals surface area contributed by atoms with E-state index in [1.807, 2.05) is 18.2 Å². The number of aromatic nitrogens is 3. The summed E-state index contributed by atoms with van der Waals surface area (Å²) in [5.41, 5.74) is 1.18. The lowest BCUT2D eigenvalue weighted by atomic mass is 10.2. The standard InChI is InChI=1S/C21H15ClN4O3/c22-15-10-8-14(9-11-15)19-24-20(29-25-19)17-7-4-12-26(21(17)28)13-18(27)23-16-5-2-1-3-6-16/h1-12H,13H2,(H,23,27). The van der Waals surface area contributed by atoms with Gasteiger partial charge in [-0.2, -0.15) is 4.98 Å². The molecule has 0 radical (unpaired) electrons. The molecule has 0 spiro atoms. The number of hydrogen-bond acceptors (Lipinski definition) is 5. The highest BCUT2D eigenvalue weighted by Crippen LogP contribution is 2.21. The van der Waals surface area contributed by atoms with Crippen molar-refractivity contribution in [2.75, 3.05) is 5.32 Å². The van der Waals surface area contributed by atoms with Crippen LogP contribution in [0.4, 0.5) is 5.69 Å². The SMILES string of the molecule is O=C(Cn1cccc(-c2nc(-c3ccc(Cl)cc3)no2)c1=O)Nc1ccccc1. The second kappa shape index (κ2) is 8.12. The third-order valence-electron chi connectivity index (χ3n) is 4.15. The topological polar surface area (TPSA) is 90.0 Å². The van der Waals surface area contributed by atoms with Crippen LogP contribution < -0.4 is 10.9 Å². The van der Waals surface area contributed by atoms with Crippen LogP contribution in [0.15, 0.2) is 82.2 Å². The Labute approximate surface area is 170 Å². The first kappa shape index (κ1) is 18.6. The van der Waals surface area contributed by atoms with Gasteiger partial charge in [-0.15, -0.1) is 0 Å². The molecule has 2 heterocycles. The van der Waals surface area contributed by atoms with Gasteiger partial charge in [0.1, 0.15) is 12.1 Å². The van der Waals surface area contributed by atoms with E-state index < -0.39 is 5.56 Å². The highest BCUT2D eigenvalue weighted by Gasteiger charge is 2.16. The van der Waals surface area contributed by atoms with E-state index in [1.165, 1.54) is 10.8 Å².